The van der Waals surface area contributed by atoms with E-state index in [0.717, 1.165) is 5.69 Å². The van der Waals surface area contributed by atoms with Crippen molar-refractivity contribution >= 4 is 11.8 Å². The summed E-state index contributed by atoms with van der Waals surface area (Å²) in [6, 6.07) is 1.80. The van der Waals surface area contributed by atoms with E-state index < -0.39 is 5.54 Å². The Morgan fingerprint density at radius 3 is 2.85 bits per heavy atom. The molecule has 0 spiro atoms. The number of nitrogens with one attached hydrogen (secondary N) is 1. The molecule has 0 saturated carbocycles. The van der Waals surface area contributed by atoms with E-state index in [2.05, 4.69) is 15.3 Å². The van der Waals surface area contributed by atoms with E-state index in [1.807, 2.05) is 13.8 Å². The average molecular weight is 276 g/mol. The van der Waals surface area contributed by atoms with Gasteiger partial charge >= 0.3 is 0 Å². The second kappa shape index (κ2) is 5.56. The second-order valence-corrected chi connectivity index (χ2v) is 5.31. The Bertz CT molecular complexity index is 532. The number of rotatable bonds is 3. The SMILES string of the molecule is CCC1(C)NC(=O)CCN(Cc2ccnc(C)n2)C1=O. The Hall–Kier alpha value is -1.98. The molecular formula is C14H20N4O2. The molecule has 0 aliphatic carbocycles. The average Bonchev–Trinajstić information content (AvgIpc) is 2.51. The van der Waals surface area contributed by atoms with Gasteiger partial charge in [0.1, 0.15) is 11.4 Å². The van der Waals surface area contributed by atoms with Crippen molar-refractivity contribution < 1.29 is 9.59 Å². The molecule has 1 aromatic heterocycles. The minimum Gasteiger partial charge on any atom is -0.342 e. The fourth-order valence-electron chi connectivity index (χ4n) is 2.29. The van der Waals surface area contributed by atoms with E-state index in [4.69, 9.17) is 0 Å². The van der Waals surface area contributed by atoms with Crippen LogP contribution in [0.25, 0.3) is 0 Å². The number of carbonyl (C=O) groups excluding carboxylic acids is 2. The van der Waals surface area contributed by atoms with Gasteiger partial charge in [-0.05, 0) is 26.3 Å². The first kappa shape index (κ1) is 14.4. The molecule has 6 heteroatoms. The van der Waals surface area contributed by atoms with Gasteiger partial charge in [0.15, 0.2) is 0 Å². The Morgan fingerprint density at radius 2 is 2.20 bits per heavy atom. The van der Waals surface area contributed by atoms with Crippen molar-refractivity contribution in [1.29, 1.82) is 0 Å². The number of nitrogens with zero attached hydrogens (tertiary/aromatic N) is 3. The van der Waals surface area contributed by atoms with Crippen LogP contribution >= 0.6 is 0 Å². The lowest BCUT2D eigenvalue weighted by Gasteiger charge is -2.31. The molecular weight excluding hydrogens is 256 g/mol. The minimum atomic E-state index is -0.824. The quantitative estimate of drug-likeness (QED) is 0.886. The molecule has 108 valence electrons. The zero-order valence-corrected chi connectivity index (χ0v) is 12.1. The molecule has 1 saturated heterocycles. The summed E-state index contributed by atoms with van der Waals surface area (Å²) in [5, 5.41) is 2.82. The molecule has 1 aliphatic heterocycles. The van der Waals surface area contributed by atoms with Crippen molar-refractivity contribution in [3.63, 3.8) is 0 Å². The number of aromatic nitrogens is 2. The highest BCUT2D eigenvalue weighted by Gasteiger charge is 2.39. The minimum absolute atomic E-state index is 0.0536. The van der Waals surface area contributed by atoms with E-state index >= 15 is 0 Å². The van der Waals surface area contributed by atoms with Gasteiger partial charge < -0.3 is 10.2 Å². The molecule has 2 rings (SSSR count). The van der Waals surface area contributed by atoms with Gasteiger partial charge in [0, 0.05) is 19.2 Å². The summed E-state index contributed by atoms with van der Waals surface area (Å²) in [4.78, 5) is 34.4. The van der Waals surface area contributed by atoms with Gasteiger partial charge in [-0.2, -0.15) is 0 Å². The summed E-state index contributed by atoms with van der Waals surface area (Å²) in [6.45, 7) is 6.32. The van der Waals surface area contributed by atoms with E-state index in [-0.39, 0.29) is 11.8 Å². The maximum atomic E-state index is 12.6. The first-order valence-electron chi connectivity index (χ1n) is 6.83. The lowest BCUT2D eigenvalue weighted by atomic mass is 9.97. The normalized spacial score (nSPS) is 23.4. The van der Waals surface area contributed by atoms with Crippen molar-refractivity contribution in [1.82, 2.24) is 20.2 Å². The fraction of sp³-hybridized carbons (Fsp3) is 0.571. The van der Waals surface area contributed by atoms with Gasteiger partial charge in [0.05, 0.1) is 12.2 Å². The number of carbonyl (C=O) groups is 2. The standard InChI is InChI=1S/C14H20N4O2/c1-4-14(3)13(20)18(8-6-12(19)17-14)9-11-5-7-15-10(2)16-11/h5,7H,4,6,8-9H2,1-3H3,(H,17,19). The van der Waals surface area contributed by atoms with Crippen LogP contribution < -0.4 is 5.32 Å². The molecule has 1 atom stereocenters. The first-order valence-corrected chi connectivity index (χ1v) is 6.83. The van der Waals surface area contributed by atoms with Crippen LogP contribution in [0.3, 0.4) is 0 Å². The van der Waals surface area contributed by atoms with Crippen molar-refractivity contribution in [3.8, 4) is 0 Å². The predicted octanol–water partition coefficient (Wildman–Crippen LogP) is 0.802. The van der Waals surface area contributed by atoms with Crippen LogP contribution in [0.4, 0.5) is 0 Å². The Balaban J connectivity index is 2.22. The summed E-state index contributed by atoms with van der Waals surface area (Å²) < 4.78 is 0. The van der Waals surface area contributed by atoms with Crippen LogP contribution in [0.1, 0.15) is 38.2 Å². The molecule has 1 N–H and O–H groups in total. The molecule has 2 amide bonds. The van der Waals surface area contributed by atoms with Gasteiger partial charge in [-0.3, -0.25) is 9.59 Å². The monoisotopic (exact) mass is 276 g/mol. The van der Waals surface area contributed by atoms with E-state index in [9.17, 15) is 9.59 Å². The number of hydrogen-bond donors (Lipinski definition) is 1. The van der Waals surface area contributed by atoms with Gasteiger partial charge in [0.25, 0.3) is 0 Å². The number of hydrogen-bond acceptors (Lipinski definition) is 4. The molecule has 0 radical (unpaired) electrons. The van der Waals surface area contributed by atoms with Crippen molar-refractivity contribution in [3.05, 3.63) is 23.8 Å². The topological polar surface area (TPSA) is 75.2 Å². The molecule has 2 heterocycles. The Labute approximate surface area is 118 Å². The number of amides is 2. The lowest BCUT2D eigenvalue weighted by molar-refractivity contribution is -0.138. The van der Waals surface area contributed by atoms with Crippen LogP contribution in [-0.2, 0) is 16.1 Å². The van der Waals surface area contributed by atoms with Crippen LogP contribution in [-0.4, -0.2) is 38.8 Å². The molecule has 1 aliphatic rings. The molecule has 0 bridgehead atoms. The van der Waals surface area contributed by atoms with Crippen molar-refractivity contribution in [2.75, 3.05) is 6.54 Å². The van der Waals surface area contributed by atoms with E-state index in [1.165, 1.54) is 0 Å². The summed E-state index contributed by atoms with van der Waals surface area (Å²) in [5.74, 6) is 0.545. The zero-order valence-electron chi connectivity index (χ0n) is 12.1. The Morgan fingerprint density at radius 1 is 1.45 bits per heavy atom. The zero-order chi connectivity index (χ0) is 14.8. The summed E-state index contributed by atoms with van der Waals surface area (Å²) in [6.07, 6.45) is 2.57. The molecule has 1 fully saturated rings. The molecule has 1 aromatic rings. The molecule has 1 unspecified atom stereocenters. The summed E-state index contributed by atoms with van der Waals surface area (Å²) in [7, 11) is 0. The van der Waals surface area contributed by atoms with Gasteiger partial charge in [0.2, 0.25) is 11.8 Å². The van der Waals surface area contributed by atoms with Gasteiger partial charge in [-0.25, -0.2) is 9.97 Å². The molecule has 20 heavy (non-hydrogen) atoms. The van der Waals surface area contributed by atoms with Crippen LogP contribution in [0.2, 0.25) is 0 Å². The van der Waals surface area contributed by atoms with Crippen LogP contribution in [0, 0.1) is 6.92 Å². The Kier molecular flexibility index (Phi) is 4.01. The maximum Gasteiger partial charge on any atom is 0.248 e. The molecule has 0 aromatic carbocycles. The fourth-order valence-corrected chi connectivity index (χ4v) is 2.29. The summed E-state index contributed by atoms with van der Waals surface area (Å²) in [5.41, 5.74) is -0.0333. The molecule has 6 nitrogen and oxygen atoms in total. The van der Waals surface area contributed by atoms with E-state index in [0.29, 0.717) is 31.8 Å². The highest BCUT2D eigenvalue weighted by Crippen LogP contribution is 2.19. The lowest BCUT2D eigenvalue weighted by Crippen LogP contribution is -2.54. The third-order valence-corrected chi connectivity index (χ3v) is 3.68. The van der Waals surface area contributed by atoms with E-state index in [1.54, 1.807) is 24.1 Å². The van der Waals surface area contributed by atoms with Gasteiger partial charge in [-0.15, -0.1) is 0 Å². The third-order valence-electron chi connectivity index (χ3n) is 3.68. The highest BCUT2D eigenvalue weighted by atomic mass is 16.2. The summed E-state index contributed by atoms with van der Waals surface area (Å²) >= 11 is 0. The smallest absolute Gasteiger partial charge is 0.248 e. The van der Waals surface area contributed by atoms with Crippen LogP contribution in [0.5, 0.6) is 0 Å². The first-order chi connectivity index (χ1) is 9.44. The largest absolute Gasteiger partial charge is 0.342 e. The maximum absolute atomic E-state index is 12.6. The third kappa shape index (κ3) is 2.95. The van der Waals surface area contributed by atoms with Crippen molar-refractivity contribution in [2.24, 2.45) is 0 Å². The predicted molar refractivity (Wildman–Crippen MR) is 73.6 cm³/mol. The highest BCUT2D eigenvalue weighted by molar-refractivity contribution is 5.93. The van der Waals surface area contributed by atoms with Crippen molar-refractivity contribution in [2.45, 2.75) is 45.7 Å². The van der Waals surface area contributed by atoms with Gasteiger partial charge in [-0.1, -0.05) is 6.92 Å². The van der Waals surface area contributed by atoms with Crippen LogP contribution in [0.15, 0.2) is 12.3 Å². The second-order valence-electron chi connectivity index (χ2n) is 5.31. The number of aryl methyl sites for hydroxylation is 1.